The molecule has 0 radical (unpaired) electrons. The Balaban J connectivity index is 2.18. The summed E-state index contributed by atoms with van der Waals surface area (Å²) < 4.78 is 5.56. The summed E-state index contributed by atoms with van der Waals surface area (Å²) >= 11 is 0. The molecular weight excluding hydrogens is 250 g/mol. The van der Waals surface area contributed by atoms with Gasteiger partial charge >= 0.3 is 0 Å². The number of benzene rings is 1. The van der Waals surface area contributed by atoms with Gasteiger partial charge in [-0.3, -0.25) is 4.79 Å². The van der Waals surface area contributed by atoms with Crippen molar-refractivity contribution in [3.63, 3.8) is 0 Å². The van der Waals surface area contributed by atoms with E-state index < -0.39 is 0 Å². The molecule has 20 heavy (non-hydrogen) atoms. The van der Waals surface area contributed by atoms with Crippen molar-refractivity contribution in [2.45, 2.75) is 53.0 Å². The van der Waals surface area contributed by atoms with Crippen molar-refractivity contribution >= 4 is 16.9 Å². The second kappa shape index (κ2) is 6.12. The molecular formula is C17H23NO2. The number of aryl methyl sites for hydroxylation is 2. The molecule has 0 aliphatic heterocycles. The minimum Gasteiger partial charge on any atom is -0.464 e. The van der Waals surface area contributed by atoms with Gasteiger partial charge in [0.15, 0.2) is 0 Å². The van der Waals surface area contributed by atoms with Crippen LogP contribution in [0.4, 0.5) is 0 Å². The van der Waals surface area contributed by atoms with Crippen molar-refractivity contribution in [3.05, 3.63) is 35.1 Å². The molecule has 1 heterocycles. The smallest absolute Gasteiger partial charge is 0.224 e. The van der Waals surface area contributed by atoms with E-state index >= 15 is 0 Å². The molecule has 0 aliphatic rings. The summed E-state index contributed by atoms with van der Waals surface area (Å²) in [5.74, 6) is 0.0691. The summed E-state index contributed by atoms with van der Waals surface area (Å²) in [6.07, 6.45) is 4.02. The molecule has 0 fully saturated rings. The van der Waals surface area contributed by atoms with Crippen molar-refractivity contribution < 1.29 is 9.21 Å². The summed E-state index contributed by atoms with van der Waals surface area (Å²) in [6.45, 7) is 8.33. The average molecular weight is 273 g/mol. The molecule has 2 rings (SSSR count). The van der Waals surface area contributed by atoms with Gasteiger partial charge in [0.05, 0.1) is 12.7 Å². The van der Waals surface area contributed by atoms with Gasteiger partial charge in [0.2, 0.25) is 5.91 Å². The van der Waals surface area contributed by atoms with Gasteiger partial charge in [-0.05, 0) is 49.9 Å². The summed E-state index contributed by atoms with van der Waals surface area (Å²) in [6, 6.07) is 4.41. The van der Waals surface area contributed by atoms with Gasteiger partial charge in [-0.1, -0.05) is 13.8 Å². The third-order valence-corrected chi connectivity index (χ3v) is 3.97. The van der Waals surface area contributed by atoms with Gasteiger partial charge in [0.1, 0.15) is 5.58 Å². The van der Waals surface area contributed by atoms with Gasteiger partial charge < -0.3 is 9.73 Å². The molecule has 0 spiro atoms. The van der Waals surface area contributed by atoms with Crippen LogP contribution in [0.3, 0.4) is 0 Å². The van der Waals surface area contributed by atoms with Crippen LogP contribution in [0.1, 0.15) is 43.4 Å². The number of nitrogens with one attached hydrogen (secondary N) is 1. The van der Waals surface area contributed by atoms with Gasteiger partial charge in [-0.2, -0.15) is 0 Å². The number of rotatable bonds is 5. The monoisotopic (exact) mass is 273 g/mol. The minimum atomic E-state index is 0.0691. The zero-order chi connectivity index (χ0) is 14.7. The third kappa shape index (κ3) is 3.03. The number of hydrogen-bond acceptors (Lipinski definition) is 2. The quantitative estimate of drug-likeness (QED) is 0.897. The maximum atomic E-state index is 12.1. The normalized spacial score (nSPS) is 11.2. The van der Waals surface area contributed by atoms with Crippen LogP contribution in [0.5, 0.6) is 0 Å². The van der Waals surface area contributed by atoms with Gasteiger partial charge in [0, 0.05) is 17.0 Å². The van der Waals surface area contributed by atoms with Gasteiger partial charge in [-0.25, -0.2) is 0 Å². The molecule has 1 aromatic heterocycles. The second-order valence-corrected chi connectivity index (χ2v) is 5.45. The van der Waals surface area contributed by atoms with E-state index in [0.29, 0.717) is 6.42 Å². The minimum absolute atomic E-state index is 0.0691. The van der Waals surface area contributed by atoms with E-state index in [-0.39, 0.29) is 11.9 Å². The average Bonchev–Trinajstić information content (AvgIpc) is 2.79. The standard InChI is InChI=1S/C17H23NO2/c1-5-14(6-2)18-17(19)9-13-10-20-16-8-12(4)11(3)7-15(13)16/h7-8,10,14H,5-6,9H2,1-4H3,(H,18,19). The Kier molecular flexibility index (Phi) is 4.48. The highest BCUT2D eigenvalue weighted by Crippen LogP contribution is 2.25. The SMILES string of the molecule is CCC(CC)NC(=O)Cc1coc2cc(C)c(C)cc12. The lowest BCUT2D eigenvalue weighted by Gasteiger charge is -2.14. The Morgan fingerprint density at radius 3 is 2.50 bits per heavy atom. The zero-order valence-corrected chi connectivity index (χ0v) is 12.7. The Bertz CT molecular complexity index is 609. The highest BCUT2D eigenvalue weighted by atomic mass is 16.3. The van der Waals surface area contributed by atoms with Crippen LogP contribution in [0.15, 0.2) is 22.8 Å². The predicted molar refractivity (Wildman–Crippen MR) is 81.9 cm³/mol. The summed E-state index contributed by atoms with van der Waals surface area (Å²) in [5.41, 5.74) is 4.26. The first kappa shape index (κ1) is 14.6. The molecule has 0 atom stereocenters. The molecule has 0 saturated carbocycles. The van der Waals surface area contributed by atoms with E-state index in [0.717, 1.165) is 29.4 Å². The Morgan fingerprint density at radius 2 is 1.85 bits per heavy atom. The van der Waals surface area contributed by atoms with E-state index in [1.54, 1.807) is 6.26 Å². The Hall–Kier alpha value is -1.77. The van der Waals surface area contributed by atoms with Crippen molar-refractivity contribution in [2.75, 3.05) is 0 Å². The third-order valence-electron chi connectivity index (χ3n) is 3.97. The topological polar surface area (TPSA) is 42.2 Å². The molecule has 0 unspecified atom stereocenters. The molecule has 1 aromatic carbocycles. The molecule has 108 valence electrons. The fraction of sp³-hybridized carbons (Fsp3) is 0.471. The van der Waals surface area contributed by atoms with Crippen LogP contribution in [0, 0.1) is 13.8 Å². The molecule has 0 bridgehead atoms. The van der Waals surface area contributed by atoms with Crippen LogP contribution in [-0.2, 0) is 11.2 Å². The summed E-state index contributed by atoms with van der Waals surface area (Å²) in [4.78, 5) is 12.1. The van der Waals surface area contributed by atoms with E-state index in [4.69, 9.17) is 4.42 Å². The zero-order valence-electron chi connectivity index (χ0n) is 12.7. The fourth-order valence-electron chi connectivity index (χ4n) is 2.42. The van der Waals surface area contributed by atoms with Crippen LogP contribution < -0.4 is 5.32 Å². The largest absolute Gasteiger partial charge is 0.464 e. The van der Waals surface area contributed by atoms with Crippen molar-refractivity contribution in [1.82, 2.24) is 5.32 Å². The maximum absolute atomic E-state index is 12.1. The molecule has 0 aliphatic carbocycles. The maximum Gasteiger partial charge on any atom is 0.224 e. The fourth-order valence-corrected chi connectivity index (χ4v) is 2.42. The van der Waals surface area contributed by atoms with E-state index in [1.165, 1.54) is 11.1 Å². The molecule has 3 heteroatoms. The number of amides is 1. The van der Waals surface area contributed by atoms with E-state index in [1.807, 2.05) is 6.07 Å². The van der Waals surface area contributed by atoms with E-state index in [9.17, 15) is 4.79 Å². The van der Waals surface area contributed by atoms with Gasteiger partial charge in [-0.15, -0.1) is 0 Å². The number of carbonyl (C=O) groups excluding carboxylic acids is 1. The van der Waals surface area contributed by atoms with Crippen LogP contribution in [0.2, 0.25) is 0 Å². The Morgan fingerprint density at radius 1 is 1.20 bits per heavy atom. The van der Waals surface area contributed by atoms with Gasteiger partial charge in [0.25, 0.3) is 0 Å². The first-order valence-corrected chi connectivity index (χ1v) is 7.31. The summed E-state index contributed by atoms with van der Waals surface area (Å²) in [7, 11) is 0. The Labute approximate surface area is 120 Å². The van der Waals surface area contributed by atoms with E-state index in [2.05, 4.69) is 39.1 Å². The summed E-state index contributed by atoms with van der Waals surface area (Å²) in [5, 5.41) is 4.11. The number of furan rings is 1. The van der Waals surface area contributed by atoms with Crippen LogP contribution in [0.25, 0.3) is 11.0 Å². The molecule has 1 amide bonds. The second-order valence-electron chi connectivity index (χ2n) is 5.45. The lowest BCUT2D eigenvalue weighted by Crippen LogP contribution is -2.34. The number of carbonyl (C=O) groups is 1. The van der Waals surface area contributed by atoms with Crippen LogP contribution in [-0.4, -0.2) is 11.9 Å². The highest BCUT2D eigenvalue weighted by molar-refractivity contribution is 5.88. The first-order valence-electron chi connectivity index (χ1n) is 7.31. The van der Waals surface area contributed by atoms with Crippen molar-refractivity contribution in [2.24, 2.45) is 0 Å². The lowest BCUT2D eigenvalue weighted by atomic mass is 10.0. The molecule has 0 saturated heterocycles. The lowest BCUT2D eigenvalue weighted by molar-refractivity contribution is -0.121. The highest BCUT2D eigenvalue weighted by Gasteiger charge is 2.13. The predicted octanol–water partition coefficient (Wildman–Crippen LogP) is 3.90. The van der Waals surface area contributed by atoms with Crippen molar-refractivity contribution in [1.29, 1.82) is 0 Å². The number of fused-ring (bicyclic) bond motifs is 1. The number of hydrogen-bond donors (Lipinski definition) is 1. The molecule has 3 nitrogen and oxygen atoms in total. The first-order chi connectivity index (χ1) is 9.55. The van der Waals surface area contributed by atoms with Crippen molar-refractivity contribution in [3.8, 4) is 0 Å². The molecule has 2 aromatic rings. The van der Waals surface area contributed by atoms with Crippen LogP contribution >= 0.6 is 0 Å². The molecule has 1 N–H and O–H groups in total.